The lowest BCUT2D eigenvalue weighted by atomic mass is 10.3. The van der Waals surface area contributed by atoms with Gasteiger partial charge in [0.15, 0.2) is 0 Å². The summed E-state index contributed by atoms with van der Waals surface area (Å²) in [6, 6.07) is 0. The fraction of sp³-hybridized carbons (Fsp3) is 0.300. The highest BCUT2D eigenvalue weighted by Gasteiger charge is 2.07. The Morgan fingerprint density at radius 2 is 2.38 bits per heavy atom. The number of carbonyl (C=O) groups is 1. The smallest absolute Gasteiger partial charge is 0.305 e. The molecular weight excluding hydrogens is 226 g/mol. The first-order chi connectivity index (χ1) is 7.68. The maximum absolute atomic E-state index is 10.4. The van der Waals surface area contributed by atoms with Crippen molar-refractivity contribution in [1.29, 1.82) is 0 Å². The largest absolute Gasteiger partial charge is 0.481 e. The molecule has 6 heteroatoms. The van der Waals surface area contributed by atoms with Crippen molar-refractivity contribution in [3.8, 4) is 0 Å². The highest BCUT2D eigenvalue weighted by Crippen LogP contribution is 2.28. The Bertz CT molecular complexity index is 524. The molecule has 5 nitrogen and oxygen atoms in total. The zero-order valence-electron chi connectivity index (χ0n) is 8.73. The number of hydrogen-bond donors (Lipinski definition) is 2. The van der Waals surface area contributed by atoms with Gasteiger partial charge in [0.2, 0.25) is 0 Å². The van der Waals surface area contributed by atoms with Crippen LogP contribution < -0.4 is 5.32 Å². The molecule has 0 spiro atoms. The van der Waals surface area contributed by atoms with Crippen molar-refractivity contribution < 1.29 is 9.90 Å². The van der Waals surface area contributed by atoms with E-state index in [4.69, 9.17) is 5.11 Å². The number of hydrogen-bond acceptors (Lipinski definition) is 5. The van der Waals surface area contributed by atoms with Crippen molar-refractivity contribution in [3.05, 3.63) is 17.3 Å². The van der Waals surface area contributed by atoms with Crippen LogP contribution in [0.1, 0.15) is 12.0 Å². The second-order valence-corrected chi connectivity index (χ2v) is 4.27. The molecular formula is C10H11N3O2S. The number of anilines is 1. The van der Waals surface area contributed by atoms with Gasteiger partial charge in [-0.25, -0.2) is 9.97 Å². The molecule has 0 aliphatic carbocycles. The van der Waals surface area contributed by atoms with Crippen LogP contribution in [-0.4, -0.2) is 27.6 Å². The number of nitrogens with zero attached hydrogens (tertiary/aromatic N) is 2. The quantitative estimate of drug-likeness (QED) is 0.849. The Morgan fingerprint density at radius 3 is 3.12 bits per heavy atom. The molecule has 0 saturated heterocycles. The predicted octanol–water partition coefficient (Wildman–Crippen LogP) is 1.89. The molecule has 84 valence electrons. The summed E-state index contributed by atoms with van der Waals surface area (Å²) in [6.07, 6.45) is 1.57. The maximum Gasteiger partial charge on any atom is 0.305 e. The average Bonchev–Trinajstić information content (AvgIpc) is 2.61. The standard InChI is InChI=1S/C10H11N3O2S/c1-6-4-16-9-8(6)12-5-13-10(9)11-3-2-7(14)15/h4-5H,2-3H2,1H3,(H,14,15)(H,11,12,13). The van der Waals surface area contributed by atoms with Gasteiger partial charge in [-0.05, 0) is 17.9 Å². The highest BCUT2D eigenvalue weighted by molar-refractivity contribution is 7.18. The molecule has 2 aromatic heterocycles. The van der Waals surface area contributed by atoms with E-state index in [0.29, 0.717) is 12.4 Å². The van der Waals surface area contributed by atoms with Crippen LogP contribution in [0.15, 0.2) is 11.7 Å². The van der Waals surface area contributed by atoms with Crippen LogP contribution in [-0.2, 0) is 4.79 Å². The molecule has 2 aromatic rings. The van der Waals surface area contributed by atoms with Gasteiger partial charge in [0, 0.05) is 6.54 Å². The van der Waals surface area contributed by atoms with Crippen molar-refractivity contribution in [2.45, 2.75) is 13.3 Å². The molecule has 0 saturated carbocycles. The van der Waals surface area contributed by atoms with Crippen LogP contribution in [0, 0.1) is 6.92 Å². The number of aryl methyl sites for hydroxylation is 1. The van der Waals surface area contributed by atoms with Gasteiger partial charge in [-0.15, -0.1) is 11.3 Å². The number of rotatable bonds is 4. The number of aliphatic carboxylic acids is 1. The first kappa shape index (κ1) is 10.8. The lowest BCUT2D eigenvalue weighted by molar-refractivity contribution is -0.136. The van der Waals surface area contributed by atoms with Gasteiger partial charge in [0.05, 0.1) is 16.6 Å². The van der Waals surface area contributed by atoms with E-state index >= 15 is 0 Å². The van der Waals surface area contributed by atoms with Crippen LogP contribution in [0.4, 0.5) is 5.82 Å². The first-order valence-corrected chi connectivity index (χ1v) is 5.71. The van der Waals surface area contributed by atoms with Crippen LogP contribution in [0.5, 0.6) is 0 Å². The summed E-state index contributed by atoms with van der Waals surface area (Å²) < 4.78 is 0.977. The van der Waals surface area contributed by atoms with E-state index in [2.05, 4.69) is 15.3 Å². The maximum atomic E-state index is 10.4. The van der Waals surface area contributed by atoms with E-state index < -0.39 is 5.97 Å². The van der Waals surface area contributed by atoms with E-state index in [0.717, 1.165) is 15.8 Å². The van der Waals surface area contributed by atoms with Crippen LogP contribution in [0.25, 0.3) is 10.2 Å². The number of nitrogens with one attached hydrogen (secondary N) is 1. The Kier molecular flexibility index (Phi) is 3.00. The molecule has 2 rings (SSSR count). The van der Waals surface area contributed by atoms with Gasteiger partial charge in [-0.3, -0.25) is 4.79 Å². The molecule has 0 fully saturated rings. The van der Waals surface area contributed by atoms with Crippen molar-refractivity contribution >= 4 is 33.3 Å². The van der Waals surface area contributed by atoms with Crippen LogP contribution in [0.3, 0.4) is 0 Å². The Balaban J connectivity index is 2.20. The summed E-state index contributed by atoms with van der Waals surface area (Å²) in [5.41, 5.74) is 2.04. The predicted molar refractivity (Wildman–Crippen MR) is 62.9 cm³/mol. The molecule has 0 unspecified atom stereocenters. The number of carboxylic acid groups (broad SMARTS) is 1. The summed E-state index contributed by atoms with van der Waals surface area (Å²) in [5.74, 6) is -0.107. The van der Waals surface area contributed by atoms with Crippen molar-refractivity contribution in [1.82, 2.24) is 9.97 Å². The lowest BCUT2D eigenvalue weighted by Gasteiger charge is -2.03. The minimum absolute atomic E-state index is 0.0792. The molecule has 0 amide bonds. The van der Waals surface area contributed by atoms with Crippen molar-refractivity contribution in [2.75, 3.05) is 11.9 Å². The number of carboxylic acids is 1. The van der Waals surface area contributed by atoms with Crippen molar-refractivity contribution in [2.24, 2.45) is 0 Å². The topological polar surface area (TPSA) is 75.1 Å². The molecule has 2 N–H and O–H groups in total. The minimum Gasteiger partial charge on any atom is -0.481 e. The second-order valence-electron chi connectivity index (χ2n) is 3.39. The molecule has 2 heterocycles. The van der Waals surface area contributed by atoms with Gasteiger partial charge in [-0.1, -0.05) is 0 Å². The van der Waals surface area contributed by atoms with E-state index in [1.807, 2.05) is 12.3 Å². The van der Waals surface area contributed by atoms with E-state index in [1.165, 1.54) is 6.33 Å². The third-order valence-corrected chi connectivity index (χ3v) is 3.26. The summed E-state index contributed by atoms with van der Waals surface area (Å²) in [7, 11) is 0. The first-order valence-electron chi connectivity index (χ1n) is 4.83. The molecule has 0 atom stereocenters. The Morgan fingerprint density at radius 1 is 1.56 bits per heavy atom. The molecule has 0 aromatic carbocycles. The minimum atomic E-state index is -0.819. The third-order valence-electron chi connectivity index (χ3n) is 2.16. The second kappa shape index (κ2) is 4.44. The monoisotopic (exact) mass is 237 g/mol. The van der Waals surface area contributed by atoms with E-state index in [1.54, 1.807) is 11.3 Å². The van der Waals surface area contributed by atoms with Crippen molar-refractivity contribution in [3.63, 3.8) is 0 Å². The summed E-state index contributed by atoms with van der Waals surface area (Å²) in [4.78, 5) is 18.7. The Labute approximate surface area is 96.2 Å². The van der Waals surface area contributed by atoms with E-state index in [9.17, 15) is 4.79 Å². The van der Waals surface area contributed by atoms with Gasteiger partial charge >= 0.3 is 5.97 Å². The zero-order valence-corrected chi connectivity index (χ0v) is 9.54. The highest BCUT2D eigenvalue weighted by atomic mass is 32.1. The number of aromatic nitrogens is 2. The van der Waals surface area contributed by atoms with Gasteiger partial charge in [0.1, 0.15) is 12.1 Å². The van der Waals surface area contributed by atoms with Gasteiger partial charge < -0.3 is 10.4 Å². The summed E-state index contributed by atoms with van der Waals surface area (Å²) in [6.45, 7) is 2.37. The van der Waals surface area contributed by atoms with E-state index in [-0.39, 0.29) is 6.42 Å². The normalized spacial score (nSPS) is 10.6. The zero-order chi connectivity index (χ0) is 11.5. The third kappa shape index (κ3) is 2.11. The number of fused-ring (bicyclic) bond motifs is 1. The summed E-state index contributed by atoms with van der Waals surface area (Å²) in [5, 5.41) is 13.6. The molecule has 0 aliphatic heterocycles. The fourth-order valence-electron chi connectivity index (χ4n) is 1.38. The SMILES string of the molecule is Cc1csc2c(NCCC(=O)O)ncnc12. The summed E-state index contributed by atoms with van der Waals surface area (Å²) >= 11 is 1.56. The Hall–Kier alpha value is -1.69. The molecule has 0 bridgehead atoms. The van der Waals surface area contributed by atoms with Gasteiger partial charge in [0.25, 0.3) is 0 Å². The van der Waals surface area contributed by atoms with Gasteiger partial charge in [-0.2, -0.15) is 0 Å². The molecule has 0 radical (unpaired) electrons. The molecule has 0 aliphatic rings. The average molecular weight is 237 g/mol. The lowest BCUT2D eigenvalue weighted by Crippen LogP contribution is -2.08. The van der Waals surface area contributed by atoms with Crippen LogP contribution in [0.2, 0.25) is 0 Å². The fourth-order valence-corrected chi connectivity index (χ4v) is 2.35. The molecule has 16 heavy (non-hydrogen) atoms. The number of thiophene rings is 1. The van der Waals surface area contributed by atoms with Crippen LogP contribution >= 0.6 is 11.3 Å².